The second-order valence-corrected chi connectivity index (χ2v) is 7.68. The molecule has 0 radical (unpaired) electrons. The third kappa shape index (κ3) is 3.66. The fourth-order valence-corrected chi connectivity index (χ4v) is 4.23. The van der Waals surface area contributed by atoms with Gasteiger partial charge in [-0.2, -0.15) is 0 Å². The predicted molar refractivity (Wildman–Crippen MR) is 101 cm³/mol. The van der Waals surface area contributed by atoms with Crippen molar-refractivity contribution < 1.29 is 9.59 Å². The molecule has 2 aromatic heterocycles. The SMILES string of the molecule is O=C(CN1CCN(c2nccs2)CC1)c1c[nH]c(C(=O)N2CCCC2)c1. The van der Waals surface area contributed by atoms with Crippen molar-refractivity contribution in [2.24, 2.45) is 0 Å². The maximum Gasteiger partial charge on any atom is 0.270 e. The number of aromatic nitrogens is 2. The standard InChI is InChI=1S/C18H23N5O2S/c24-16(13-21-6-8-23(9-7-21)18-19-3-10-26-18)14-11-15(20-12-14)17(25)22-4-1-2-5-22/h3,10-12,20H,1-2,4-9,13H2. The number of likely N-dealkylation sites (tertiary alicyclic amines) is 1. The monoisotopic (exact) mass is 373 g/mol. The number of ketones is 1. The van der Waals surface area contributed by atoms with Crippen molar-refractivity contribution in [3.05, 3.63) is 35.1 Å². The molecular weight excluding hydrogens is 350 g/mol. The summed E-state index contributed by atoms with van der Waals surface area (Å²) in [4.78, 5) is 38.6. The fraction of sp³-hybridized carbons (Fsp3) is 0.500. The molecule has 0 spiro atoms. The van der Waals surface area contributed by atoms with E-state index in [1.165, 1.54) is 0 Å². The van der Waals surface area contributed by atoms with Gasteiger partial charge in [0.25, 0.3) is 5.91 Å². The van der Waals surface area contributed by atoms with E-state index < -0.39 is 0 Å². The van der Waals surface area contributed by atoms with Crippen molar-refractivity contribution >= 4 is 28.2 Å². The molecule has 8 heteroatoms. The number of hydrogen-bond donors (Lipinski definition) is 1. The number of piperazine rings is 1. The molecule has 0 atom stereocenters. The highest BCUT2D eigenvalue weighted by molar-refractivity contribution is 7.13. The van der Waals surface area contributed by atoms with Crippen LogP contribution in [0.25, 0.3) is 0 Å². The summed E-state index contributed by atoms with van der Waals surface area (Å²) in [6.07, 6.45) is 5.61. The minimum Gasteiger partial charge on any atom is -0.356 e. The summed E-state index contributed by atoms with van der Waals surface area (Å²) >= 11 is 1.65. The van der Waals surface area contributed by atoms with Crippen molar-refractivity contribution in [1.82, 2.24) is 19.8 Å². The zero-order valence-electron chi connectivity index (χ0n) is 14.7. The molecule has 1 amide bonds. The molecule has 7 nitrogen and oxygen atoms in total. The van der Waals surface area contributed by atoms with Crippen LogP contribution in [0.3, 0.4) is 0 Å². The zero-order chi connectivity index (χ0) is 17.9. The first-order valence-corrected chi connectivity index (χ1v) is 9.96. The molecule has 4 heterocycles. The summed E-state index contributed by atoms with van der Waals surface area (Å²) in [7, 11) is 0. The molecule has 0 unspecified atom stereocenters. The van der Waals surface area contributed by atoms with Crippen LogP contribution in [0.5, 0.6) is 0 Å². The van der Waals surface area contributed by atoms with Gasteiger partial charge in [-0.05, 0) is 18.9 Å². The first kappa shape index (κ1) is 17.2. The number of thiazole rings is 1. The van der Waals surface area contributed by atoms with E-state index in [1.807, 2.05) is 16.5 Å². The van der Waals surface area contributed by atoms with Crippen LogP contribution < -0.4 is 4.90 Å². The van der Waals surface area contributed by atoms with Gasteiger partial charge in [-0.1, -0.05) is 0 Å². The predicted octanol–water partition coefficient (Wildman–Crippen LogP) is 1.71. The molecule has 2 fully saturated rings. The van der Waals surface area contributed by atoms with Gasteiger partial charge in [-0.15, -0.1) is 11.3 Å². The molecule has 2 aromatic rings. The first-order valence-electron chi connectivity index (χ1n) is 9.08. The number of hydrogen-bond acceptors (Lipinski definition) is 6. The summed E-state index contributed by atoms with van der Waals surface area (Å²) in [5.41, 5.74) is 1.11. The van der Waals surface area contributed by atoms with Gasteiger partial charge in [0.2, 0.25) is 0 Å². The highest BCUT2D eigenvalue weighted by atomic mass is 32.1. The Balaban J connectivity index is 1.31. The summed E-state index contributed by atoms with van der Waals surface area (Å²) < 4.78 is 0. The minimum atomic E-state index is -0.00129. The van der Waals surface area contributed by atoms with Crippen LogP contribution in [-0.4, -0.2) is 77.3 Å². The first-order chi connectivity index (χ1) is 12.7. The Kier molecular flexibility index (Phi) is 5.03. The third-order valence-electron chi connectivity index (χ3n) is 5.06. The summed E-state index contributed by atoms with van der Waals surface area (Å²) in [5.74, 6) is 0.0584. The molecule has 0 aromatic carbocycles. The van der Waals surface area contributed by atoms with Crippen LogP contribution in [-0.2, 0) is 0 Å². The number of nitrogens with one attached hydrogen (secondary N) is 1. The summed E-state index contributed by atoms with van der Waals surface area (Å²) in [6, 6.07) is 1.70. The number of carbonyl (C=O) groups is 2. The van der Waals surface area contributed by atoms with E-state index in [4.69, 9.17) is 0 Å². The van der Waals surface area contributed by atoms with E-state index >= 15 is 0 Å². The second kappa shape index (κ2) is 7.59. The normalized spacial score (nSPS) is 18.5. The van der Waals surface area contributed by atoms with Gasteiger partial charge in [0.15, 0.2) is 10.9 Å². The van der Waals surface area contributed by atoms with Crippen LogP contribution in [0, 0.1) is 0 Å². The van der Waals surface area contributed by atoms with Crippen molar-refractivity contribution in [1.29, 1.82) is 0 Å². The Morgan fingerprint density at radius 3 is 2.58 bits per heavy atom. The molecule has 2 aliphatic heterocycles. The lowest BCUT2D eigenvalue weighted by Crippen LogP contribution is -2.47. The van der Waals surface area contributed by atoms with E-state index in [0.717, 1.165) is 57.2 Å². The lowest BCUT2D eigenvalue weighted by molar-refractivity contribution is 0.0787. The molecule has 0 saturated carbocycles. The third-order valence-corrected chi connectivity index (χ3v) is 5.89. The lowest BCUT2D eigenvalue weighted by Gasteiger charge is -2.34. The summed E-state index contributed by atoms with van der Waals surface area (Å²) in [5, 5.41) is 3.03. The smallest absolute Gasteiger partial charge is 0.270 e. The molecule has 138 valence electrons. The number of anilines is 1. The number of H-pyrrole nitrogens is 1. The van der Waals surface area contributed by atoms with Gasteiger partial charge < -0.3 is 14.8 Å². The Morgan fingerprint density at radius 1 is 1.12 bits per heavy atom. The molecule has 0 bridgehead atoms. The van der Waals surface area contributed by atoms with Crippen LogP contribution in [0.2, 0.25) is 0 Å². The molecule has 1 N–H and O–H groups in total. The van der Waals surface area contributed by atoms with Crippen LogP contribution >= 0.6 is 11.3 Å². The van der Waals surface area contributed by atoms with Crippen molar-refractivity contribution in [2.45, 2.75) is 12.8 Å². The van der Waals surface area contributed by atoms with Crippen molar-refractivity contribution in [2.75, 3.05) is 50.7 Å². The number of rotatable bonds is 5. The number of amides is 1. The average Bonchev–Trinajstić information content (AvgIpc) is 3.44. The van der Waals surface area contributed by atoms with Crippen LogP contribution in [0.15, 0.2) is 23.8 Å². The molecule has 2 aliphatic rings. The minimum absolute atomic E-state index is 0.00129. The van der Waals surface area contributed by atoms with E-state index in [-0.39, 0.29) is 11.7 Å². The second-order valence-electron chi connectivity index (χ2n) is 6.80. The Labute approximate surface area is 156 Å². The van der Waals surface area contributed by atoms with E-state index in [9.17, 15) is 9.59 Å². The van der Waals surface area contributed by atoms with Gasteiger partial charge in [0.05, 0.1) is 6.54 Å². The topological polar surface area (TPSA) is 72.5 Å². The largest absolute Gasteiger partial charge is 0.356 e. The quantitative estimate of drug-likeness (QED) is 0.808. The highest BCUT2D eigenvalue weighted by Gasteiger charge is 2.24. The van der Waals surface area contributed by atoms with E-state index in [0.29, 0.717) is 17.8 Å². The number of nitrogens with zero attached hydrogens (tertiary/aromatic N) is 4. The van der Waals surface area contributed by atoms with Crippen molar-refractivity contribution in [3.8, 4) is 0 Å². The summed E-state index contributed by atoms with van der Waals surface area (Å²) in [6.45, 7) is 5.46. The maximum atomic E-state index is 12.6. The molecule has 26 heavy (non-hydrogen) atoms. The van der Waals surface area contributed by atoms with Gasteiger partial charge in [-0.25, -0.2) is 4.98 Å². The van der Waals surface area contributed by atoms with Gasteiger partial charge in [-0.3, -0.25) is 14.5 Å². The molecule has 4 rings (SSSR count). The Bertz CT molecular complexity index is 758. The Hall–Kier alpha value is -2.19. The Morgan fingerprint density at radius 2 is 1.88 bits per heavy atom. The van der Waals surface area contributed by atoms with Crippen LogP contribution in [0.1, 0.15) is 33.7 Å². The van der Waals surface area contributed by atoms with E-state index in [1.54, 1.807) is 23.6 Å². The highest BCUT2D eigenvalue weighted by Crippen LogP contribution is 2.19. The lowest BCUT2D eigenvalue weighted by atomic mass is 10.2. The van der Waals surface area contributed by atoms with Crippen LogP contribution in [0.4, 0.5) is 5.13 Å². The molecule has 2 saturated heterocycles. The van der Waals surface area contributed by atoms with Gasteiger partial charge in [0, 0.05) is 62.6 Å². The van der Waals surface area contributed by atoms with Crippen molar-refractivity contribution in [3.63, 3.8) is 0 Å². The number of Topliss-reactive ketones (excluding diaryl/α,β-unsaturated/α-hetero) is 1. The fourth-order valence-electron chi connectivity index (χ4n) is 3.53. The number of aromatic amines is 1. The molecule has 0 aliphatic carbocycles. The maximum absolute atomic E-state index is 12.6. The zero-order valence-corrected chi connectivity index (χ0v) is 15.5. The van der Waals surface area contributed by atoms with E-state index in [2.05, 4.69) is 19.8 Å². The number of carbonyl (C=O) groups excluding carboxylic acids is 2. The van der Waals surface area contributed by atoms with Gasteiger partial charge in [0.1, 0.15) is 5.69 Å². The van der Waals surface area contributed by atoms with Gasteiger partial charge >= 0.3 is 0 Å². The average molecular weight is 373 g/mol. The molecular formula is C18H23N5O2S.